The van der Waals surface area contributed by atoms with Crippen LogP contribution in [0.25, 0.3) is 0 Å². The molecule has 1 N–H and O–H groups in total. The molecule has 2 unspecified atom stereocenters. The van der Waals surface area contributed by atoms with E-state index in [1.54, 1.807) is 6.07 Å². The number of aliphatic hydroxyl groups is 1. The van der Waals surface area contributed by atoms with E-state index in [4.69, 9.17) is 21.1 Å². The molecule has 2 aromatic rings. The van der Waals surface area contributed by atoms with E-state index >= 15 is 0 Å². The Bertz CT molecular complexity index is 591. The largest absolute Gasteiger partial charge is 0.488 e. The van der Waals surface area contributed by atoms with Crippen LogP contribution in [-0.4, -0.2) is 24.4 Å². The molecule has 0 spiro atoms. The lowest BCUT2D eigenvalue weighted by Crippen LogP contribution is -2.15. The first-order valence-electron chi connectivity index (χ1n) is 7.01. The van der Waals surface area contributed by atoms with Crippen molar-refractivity contribution >= 4 is 11.6 Å². The van der Waals surface area contributed by atoms with E-state index < -0.39 is 6.10 Å². The van der Waals surface area contributed by atoms with Crippen LogP contribution in [0, 0.1) is 0 Å². The van der Waals surface area contributed by atoms with Crippen LogP contribution < -0.4 is 4.74 Å². The summed E-state index contributed by atoms with van der Waals surface area (Å²) < 4.78 is 11.1. The topological polar surface area (TPSA) is 38.7 Å². The van der Waals surface area contributed by atoms with Crippen LogP contribution >= 0.6 is 11.6 Å². The molecule has 1 aliphatic rings. The third-order valence-corrected chi connectivity index (χ3v) is 3.93. The van der Waals surface area contributed by atoms with Crippen molar-refractivity contribution in [3.05, 3.63) is 64.7 Å². The molecule has 0 aliphatic carbocycles. The Labute approximate surface area is 129 Å². The van der Waals surface area contributed by atoms with Gasteiger partial charge in [-0.05, 0) is 23.8 Å². The molecule has 0 saturated carbocycles. The second kappa shape index (κ2) is 6.48. The molecule has 2 aromatic carbocycles. The SMILES string of the molecule is OC(c1ccc(OC2CCOC2)cc1)c1ccccc1Cl. The highest BCUT2D eigenvalue weighted by Crippen LogP contribution is 2.29. The molecule has 1 fully saturated rings. The van der Waals surface area contributed by atoms with Gasteiger partial charge in [-0.25, -0.2) is 0 Å². The smallest absolute Gasteiger partial charge is 0.124 e. The standard InChI is InChI=1S/C17H17ClO3/c18-16-4-2-1-3-15(16)17(19)12-5-7-13(8-6-12)21-14-9-10-20-11-14/h1-8,14,17,19H,9-11H2. The van der Waals surface area contributed by atoms with Gasteiger partial charge in [0.15, 0.2) is 0 Å². The van der Waals surface area contributed by atoms with E-state index in [0.717, 1.165) is 24.3 Å². The summed E-state index contributed by atoms with van der Waals surface area (Å²) in [7, 11) is 0. The summed E-state index contributed by atoms with van der Waals surface area (Å²) in [6.07, 6.45) is 0.316. The second-order valence-corrected chi connectivity index (χ2v) is 5.50. The van der Waals surface area contributed by atoms with E-state index in [-0.39, 0.29) is 6.10 Å². The first-order chi connectivity index (χ1) is 10.2. The van der Waals surface area contributed by atoms with Gasteiger partial charge in [-0.2, -0.15) is 0 Å². The van der Waals surface area contributed by atoms with Crippen molar-refractivity contribution in [3.63, 3.8) is 0 Å². The van der Waals surface area contributed by atoms with Crippen molar-refractivity contribution in [2.24, 2.45) is 0 Å². The molecule has 3 rings (SSSR count). The maximum atomic E-state index is 10.4. The van der Waals surface area contributed by atoms with Crippen molar-refractivity contribution in [2.75, 3.05) is 13.2 Å². The maximum Gasteiger partial charge on any atom is 0.124 e. The van der Waals surface area contributed by atoms with Crippen LogP contribution in [0.4, 0.5) is 0 Å². The lowest BCUT2D eigenvalue weighted by atomic mass is 10.0. The molecule has 21 heavy (non-hydrogen) atoms. The Morgan fingerprint density at radius 3 is 2.57 bits per heavy atom. The molecule has 0 bridgehead atoms. The van der Waals surface area contributed by atoms with Gasteiger partial charge < -0.3 is 14.6 Å². The highest BCUT2D eigenvalue weighted by atomic mass is 35.5. The Balaban J connectivity index is 1.72. The van der Waals surface area contributed by atoms with Gasteiger partial charge in [0.2, 0.25) is 0 Å². The van der Waals surface area contributed by atoms with Crippen LogP contribution in [0.1, 0.15) is 23.7 Å². The van der Waals surface area contributed by atoms with Crippen molar-refractivity contribution < 1.29 is 14.6 Å². The zero-order valence-corrected chi connectivity index (χ0v) is 12.3. The average molecular weight is 305 g/mol. The molecule has 1 saturated heterocycles. The van der Waals surface area contributed by atoms with Crippen LogP contribution in [0.15, 0.2) is 48.5 Å². The Hall–Kier alpha value is -1.55. The quantitative estimate of drug-likeness (QED) is 0.938. The van der Waals surface area contributed by atoms with E-state index in [9.17, 15) is 5.11 Å². The van der Waals surface area contributed by atoms with E-state index in [1.165, 1.54) is 0 Å². The summed E-state index contributed by atoms with van der Waals surface area (Å²) in [5.41, 5.74) is 1.50. The molecule has 4 heteroatoms. The molecule has 110 valence electrons. The first-order valence-corrected chi connectivity index (χ1v) is 7.38. The van der Waals surface area contributed by atoms with Gasteiger partial charge in [0.25, 0.3) is 0 Å². The molecule has 3 nitrogen and oxygen atoms in total. The minimum atomic E-state index is -0.734. The van der Waals surface area contributed by atoms with E-state index in [0.29, 0.717) is 17.2 Å². The van der Waals surface area contributed by atoms with Gasteiger partial charge in [0.1, 0.15) is 18.0 Å². The van der Waals surface area contributed by atoms with Gasteiger partial charge in [0, 0.05) is 17.0 Å². The Morgan fingerprint density at radius 2 is 1.90 bits per heavy atom. The van der Waals surface area contributed by atoms with Crippen molar-refractivity contribution in [1.29, 1.82) is 0 Å². The van der Waals surface area contributed by atoms with E-state index in [1.807, 2.05) is 42.5 Å². The number of rotatable bonds is 4. The summed E-state index contributed by atoms with van der Waals surface area (Å²) in [6.45, 7) is 1.40. The van der Waals surface area contributed by atoms with Crippen LogP contribution in [0.5, 0.6) is 5.75 Å². The predicted molar refractivity (Wildman–Crippen MR) is 81.8 cm³/mol. The normalized spacial score (nSPS) is 19.4. The zero-order valence-electron chi connectivity index (χ0n) is 11.5. The average Bonchev–Trinajstić information content (AvgIpc) is 3.01. The Kier molecular flexibility index (Phi) is 4.44. The fourth-order valence-corrected chi connectivity index (χ4v) is 2.64. The summed E-state index contributed by atoms with van der Waals surface area (Å²) in [4.78, 5) is 0. The Morgan fingerprint density at radius 1 is 1.14 bits per heavy atom. The van der Waals surface area contributed by atoms with E-state index in [2.05, 4.69) is 0 Å². The van der Waals surface area contributed by atoms with Gasteiger partial charge in [-0.3, -0.25) is 0 Å². The molecule has 0 aromatic heterocycles. The molecule has 1 aliphatic heterocycles. The molecule has 1 heterocycles. The fraction of sp³-hybridized carbons (Fsp3) is 0.294. The van der Waals surface area contributed by atoms with Crippen molar-refractivity contribution in [3.8, 4) is 5.75 Å². The third kappa shape index (κ3) is 3.38. The van der Waals surface area contributed by atoms with Crippen LogP contribution in [0.2, 0.25) is 5.02 Å². The highest BCUT2D eigenvalue weighted by Gasteiger charge is 2.18. The fourth-order valence-electron chi connectivity index (χ4n) is 2.40. The summed E-state index contributed by atoms with van der Waals surface area (Å²) in [6, 6.07) is 14.8. The minimum absolute atomic E-state index is 0.129. The van der Waals surface area contributed by atoms with Crippen LogP contribution in [0.3, 0.4) is 0 Å². The number of benzene rings is 2. The van der Waals surface area contributed by atoms with Gasteiger partial charge in [0.05, 0.1) is 13.2 Å². The number of halogens is 1. The summed E-state index contributed by atoms with van der Waals surface area (Å²) >= 11 is 6.12. The molecule has 0 amide bonds. The summed E-state index contributed by atoms with van der Waals surface area (Å²) in [5, 5.41) is 11.0. The lowest BCUT2D eigenvalue weighted by Gasteiger charge is -2.15. The zero-order chi connectivity index (χ0) is 14.7. The van der Waals surface area contributed by atoms with Crippen LogP contribution in [-0.2, 0) is 4.74 Å². The highest BCUT2D eigenvalue weighted by molar-refractivity contribution is 6.31. The van der Waals surface area contributed by atoms with Gasteiger partial charge in [-0.15, -0.1) is 0 Å². The van der Waals surface area contributed by atoms with Gasteiger partial charge >= 0.3 is 0 Å². The molecular weight excluding hydrogens is 288 g/mol. The van der Waals surface area contributed by atoms with Gasteiger partial charge in [-0.1, -0.05) is 41.9 Å². The molecular formula is C17H17ClO3. The minimum Gasteiger partial charge on any atom is -0.488 e. The number of ether oxygens (including phenoxy) is 2. The second-order valence-electron chi connectivity index (χ2n) is 5.10. The lowest BCUT2D eigenvalue weighted by molar-refractivity contribution is 0.141. The van der Waals surface area contributed by atoms with Crippen molar-refractivity contribution in [2.45, 2.75) is 18.6 Å². The monoisotopic (exact) mass is 304 g/mol. The predicted octanol–water partition coefficient (Wildman–Crippen LogP) is 3.59. The number of hydrogen-bond donors (Lipinski definition) is 1. The first kappa shape index (κ1) is 14.4. The maximum absolute atomic E-state index is 10.4. The third-order valence-electron chi connectivity index (χ3n) is 3.59. The summed E-state index contributed by atoms with van der Waals surface area (Å²) in [5.74, 6) is 0.792. The number of aliphatic hydroxyl groups excluding tert-OH is 1. The molecule has 0 radical (unpaired) electrons. The number of hydrogen-bond acceptors (Lipinski definition) is 3. The molecule has 2 atom stereocenters. The van der Waals surface area contributed by atoms with Crippen molar-refractivity contribution in [1.82, 2.24) is 0 Å².